The molecule has 0 radical (unpaired) electrons. The van der Waals surface area contributed by atoms with Crippen LogP contribution in [0.1, 0.15) is 44.2 Å². The van der Waals surface area contributed by atoms with Crippen LogP contribution < -0.4 is 15.5 Å². The van der Waals surface area contributed by atoms with E-state index in [9.17, 15) is 9.59 Å². The van der Waals surface area contributed by atoms with E-state index in [1.165, 1.54) is 5.56 Å². The van der Waals surface area contributed by atoms with E-state index >= 15 is 0 Å². The van der Waals surface area contributed by atoms with E-state index in [0.717, 1.165) is 22.6 Å². The zero-order valence-corrected chi connectivity index (χ0v) is 18.1. The van der Waals surface area contributed by atoms with Crippen LogP contribution in [0.2, 0.25) is 0 Å². The number of fused-ring (bicyclic) bond motifs is 2. The summed E-state index contributed by atoms with van der Waals surface area (Å²) >= 11 is 0. The highest BCUT2D eigenvalue weighted by Crippen LogP contribution is 2.46. The van der Waals surface area contributed by atoms with Gasteiger partial charge in [0.25, 0.3) is 0 Å². The van der Waals surface area contributed by atoms with Gasteiger partial charge in [0, 0.05) is 41.7 Å². The van der Waals surface area contributed by atoms with Gasteiger partial charge in [-0.1, -0.05) is 50.2 Å². The van der Waals surface area contributed by atoms with Crippen LogP contribution in [-0.2, 0) is 15.0 Å². The molecule has 0 saturated carbocycles. The maximum absolute atomic E-state index is 13.2. The second kappa shape index (κ2) is 7.31. The Morgan fingerprint density at radius 3 is 2.40 bits per heavy atom. The molecule has 2 N–H and O–H groups in total. The van der Waals surface area contributed by atoms with Crippen LogP contribution in [0.3, 0.4) is 0 Å². The quantitative estimate of drug-likeness (QED) is 0.790. The number of rotatable bonds is 4. The molecule has 5 heteroatoms. The molecule has 156 valence electrons. The first-order chi connectivity index (χ1) is 14.2. The number of allylic oxidation sites excluding steroid dienone is 1. The Kier molecular flexibility index (Phi) is 4.92. The molecular weight excluding hydrogens is 374 g/mol. The number of amides is 1. The van der Waals surface area contributed by atoms with Crippen LogP contribution >= 0.6 is 0 Å². The molecule has 2 unspecified atom stereocenters. The fourth-order valence-electron chi connectivity index (χ4n) is 5.01. The van der Waals surface area contributed by atoms with Crippen LogP contribution in [0.5, 0.6) is 0 Å². The van der Waals surface area contributed by atoms with Crippen LogP contribution in [-0.4, -0.2) is 31.3 Å². The standard InChI is InChI=1S/C25H29N3O2/c1-16-13-19(24(26)30)18-9-5-7-11-21(18)28(16)15-17(29)14-23-25(2,3)20-10-6-8-12-22(20)27(23)4/h5-12,14,16,19H,13,15H2,1-4H3,(H2,26,30)/b23-14+. The lowest BCUT2D eigenvalue weighted by Crippen LogP contribution is -2.44. The van der Waals surface area contributed by atoms with Crippen molar-refractivity contribution in [2.75, 3.05) is 23.4 Å². The van der Waals surface area contributed by atoms with Gasteiger partial charge >= 0.3 is 0 Å². The van der Waals surface area contributed by atoms with E-state index < -0.39 is 0 Å². The van der Waals surface area contributed by atoms with Crippen molar-refractivity contribution in [2.24, 2.45) is 5.73 Å². The topological polar surface area (TPSA) is 66.6 Å². The van der Waals surface area contributed by atoms with Crippen LogP contribution in [0.15, 0.2) is 60.3 Å². The predicted octanol–water partition coefficient (Wildman–Crippen LogP) is 3.73. The molecular formula is C25H29N3O2. The van der Waals surface area contributed by atoms with Gasteiger partial charge in [-0.3, -0.25) is 9.59 Å². The minimum Gasteiger partial charge on any atom is -0.369 e. The number of carbonyl (C=O) groups excluding carboxylic acids is 2. The van der Waals surface area contributed by atoms with E-state index in [1.54, 1.807) is 6.08 Å². The van der Waals surface area contributed by atoms with Crippen molar-refractivity contribution in [1.29, 1.82) is 0 Å². The molecule has 4 rings (SSSR count). The minimum atomic E-state index is -0.311. The minimum absolute atomic E-state index is 0.0475. The van der Waals surface area contributed by atoms with Crippen molar-refractivity contribution in [3.8, 4) is 0 Å². The van der Waals surface area contributed by atoms with Crippen molar-refractivity contribution in [1.82, 2.24) is 0 Å². The fourth-order valence-corrected chi connectivity index (χ4v) is 5.01. The highest BCUT2D eigenvalue weighted by atomic mass is 16.1. The average Bonchev–Trinajstić information content (AvgIpc) is 2.90. The third kappa shape index (κ3) is 3.18. The lowest BCUT2D eigenvalue weighted by molar-refractivity contribution is -0.119. The molecule has 2 aromatic carbocycles. The van der Waals surface area contributed by atoms with Crippen molar-refractivity contribution >= 4 is 23.1 Å². The molecule has 2 aromatic rings. The predicted molar refractivity (Wildman–Crippen MR) is 121 cm³/mol. The molecule has 2 aliphatic rings. The zero-order chi connectivity index (χ0) is 21.6. The van der Waals surface area contributed by atoms with Gasteiger partial charge < -0.3 is 15.5 Å². The summed E-state index contributed by atoms with van der Waals surface area (Å²) in [4.78, 5) is 29.4. The van der Waals surface area contributed by atoms with Crippen molar-refractivity contribution < 1.29 is 9.59 Å². The summed E-state index contributed by atoms with van der Waals surface area (Å²) < 4.78 is 0. The highest BCUT2D eigenvalue weighted by Gasteiger charge is 2.39. The Bertz CT molecular complexity index is 1040. The monoisotopic (exact) mass is 403 g/mol. The second-order valence-corrected chi connectivity index (χ2v) is 8.92. The summed E-state index contributed by atoms with van der Waals surface area (Å²) in [6, 6.07) is 16.1. The molecule has 0 fully saturated rings. The SMILES string of the molecule is CC1CC(C(N)=O)c2ccccc2N1CC(=O)/C=C1/N(C)c2ccccc2C1(C)C. The molecule has 1 amide bonds. The number of nitrogens with two attached hydrogens (primary N) is 1. The maximum atomic E-state index is 13.2. The van der Waals surface area contributed by atoms with Crippen LogP contribution in [0.25, 0.3) is 0 Å². The van der Waals surface area contributed by atoms with E-state index in [1.807, 2.05) is 50.4 Å². The molecule has 2 atom stereocenters. The largest absolute Gasteiger partial charge is 0.369 e. The van der Waals surface area contributed by atoms with Gasteiger partial charge in [0.15, 0.2) is 5.78 Å². The number of anilines is 2. The van der Waals surface area contributed by atoms with Gasteiger partial charge in [-0.15, -0.1) is 0 Å². The normalized spacial score (nSPS) is 23.3. The molecule has 0 aromatic heterocycles. The van der Waals surface area contributed by atoms with E-state index in [-0.39, 0.29) is 35.6 Å². The second-order valence-electron chi connectivity index (χ2n) is 8.92. The van der Waals surface area contributed by atoms with Gasteiger partial charge in [-0.2, -0.15) is 0 Å². The lowest BCUT2D eigenvalue weighted by Gasteiger charge is -2.39. The molecule has 0 saturated heterocycles. The Labute approximate surface area is 178 Å². The molecule has 0 aliphatic carbocycles. The van der Waals surface area contributed by atoms with Crippen molar-refractivity contribution in [3.05, 3.63) is 71.4 Å². The third-order valence-electron chi connectivity index (χ3n) is 6.64. The smallest absolute Gasteiger partial charge is 0.225 e. The number of likely N-dealkylation sites (N-methyl/N-ethyl adjacent to an activating group) is 1. The van der Waals surface area contributed by atoms with Gasteiger partial charge in [0.05, 0.1) is 12.5 Å². The molecule has 30 heavy (non-hydrogen) atoms. The molecule has 0 spiro atoms. The number of primary amides is 1. The first-order valence-corrected chi connectivity index (χ1v) is 10.4. The molecule has 2 heterocycles. The maximum Gasteiger partial charge on any atom is 0.225 e. The molecule has 5 nitrogen and oxygen atoms in total. The van der Waals surface area contributed by atoms with Gasteiger partial charge in [0.1, 0.15) is 0 Å². The Balaban J connectivity index is 1.63. The van der Waals surface area contributed by atoms with Gasteiger partial charge in [0.2, 0.25) is 5.91 Å². The van der Waals surface area contributed by atoms with Crippen molar-refractivity contribution in [3.63, 3.8) is 0 Å². The summed E-state index contributed by atoms with van der Waals surface area (Å²) in [5, 5.41) is 0. The summed E-state index contributed by atoms with van der Waals surface area (Å²) in [6.07, 6.45) is 2.41. The number of benzene rings is 2. The Morgan fingerprint density at radius 1 is 1.10 bits per heavy atom. The molecule has 0 bridgehead atoms. The summed E-state index contributed by atoms with van der Waals surface area (Å²) in [6.45, 7) is 6.64. The van der Waals surface area contributed by atoms with Gasteiger partial charge in [-0.25, -0.2) is 0 Å². The number of nitrogens with zero attached hydrogens (tertiary/aromatic N) is 2. The Morgan fingerprint density at radius 2 is 1.73 bits per heavy atom. The summed E-state index contributed by atoms with van der Waals surface area (Å²) in [7, 11) is 2.02. The zero-order valence-electron chi connectivity index (χ0n) is 18.1. The fraction of sp³-hybridized carbons (Fsp3) is 0.360. The van der Waals surface area contributed by atoms with Crippen LogP contribution in [0, 0.1) is 0 Å². The summed E-state index contributed by atoms with van der Waals surface area (Å²) in [5.41, 5.74) is 10.6. The lowest BCUT2D eigenvalue weighted by atomic mass is 9.83. The first-order valence-electron chi connectivity index (χ1n) is 10.4. The summed E-state index contributed by atoms with van der Waals surface area (Å²) in [5.74, 6) is -0.568. The number of hydrogen-bond acceptors (Lipinski definition) is 4. The van der Waals surface area contributed by atoms with Crippen LogP contribution in [0.4, 0.5) is 11.4 Å². The average molecular weight is 404 g/mol. The number of hydrogen-bond donors (Lipinski definition) is 1. The van der Waals surface area contributed by atoms with E-state index in [0.29, 0.717) is 6.42 Å². The highest BCUT2D eigenvalue weighted by molar-refractivity contribution is 5.96. The van der Waals surface area contributed by atoms with Gasteiger partial charge in [-0.05, 0) is 36.6 Å². The number of para-hydroxylation sites is 2. The number of ketones is 1. The van der Waals surface area contributed by atoms with E-state index in [4.69, 9.17) is 5.73 Å². The first kappa shape index (κ1) is 20.2. The van der Waals surface area contributed by atoms with E-state index in [2.05, 4.69) is 35.8 Å². The molecule has 2 aliphatic heterocycles. The van der Waals surface area contributed by atoms with Crippen molar-refractivity contribution in [2.45, 2.75) is 44.6 Å². The Hall–Kier alpha value is -3.08. The number of carbonyl (C=O) groups is 2. The third-order valence-corrected chi connectivity index (χ3v) is 6.64.